The number of rotatable bonds is 1. The quantitative estimate of drug-likeness (QED) is 0.768. The fourth-order valence-electron chi connectivity index (χ4n) is 2.68. The highest BCUT2D eigenvalue weighted by Gasteiger charge is 2.43. The molecule has 1 N–H and O–H groups in total. The van der Waals surface area contributed by atoms with Crippen molar-refractivity contribution in [1.82, 2.24) is 10.2 Å². The van der Waals surface area contributed by atoms with Gasteiger partial charge in [0.05, 0.1) is 0 Å². The Morgan fingerprint density at radius 3 is 3.12 bits per heavy atom. The Balaban J connectivity index is 1.72. The van der Waals surface area contributed by atoms with Gasteiger partial charge in [-0.3, -0.25) is 4.79 Å². The van der Waals surface area contributed by atoms with Crippen molar-refractivity contribution in [2.24, 2.45) is 5.92 Å². The Bertz CT molecular complexity index is 413. The fraction of sp³-hybridized carbons (Fsp3) is 0.583. The summed E-state index contributed by atoms with van der Waals surface area (Å²) in [5, 5.41) is 3.36. The number of piperidine rings is 1. The van der Waals surface area contributed by atoms with Crippen LogP contribution in [0.4, 0.5) is 0 Å². The van der Waals surface area contributed by atoms with E-state index in [4.69, 9.17) is 4.42 Å². The molecular formula is C12H16N2O2. The lowest BCUT2D eigenvalue weighted by atomic mass is 9.83. The SMILES string of the molecule is Cc1ccc(C(=O)N2CC3CNCCC32)o1. The molecule has 0 spiro atoms. The molecule has 3 rings (SSSR count). The second-order valence-corrected chi connectivity index (χ2v) is 4.69. The first-order valence-corrected chi connectivity index (χ1v) is 5.84. The zero-order valence-electron chi connectivity index (χ0n) is 9.40. The lowest BCUT2D eigenvalue weighted by Crippen LogP contribution is -2.64. The number of nitrogens with one attached hydrogen (secondary N) is 1. The zero-order chi connectivity index (χ0) is 11.1. The molecule has 1 amide bonds. The number of hydrogen-bond acceptors (Lipinski definition) is 3. The molecule has 4 heteroatoms. The Hall–Kier alpha value is -1.29. The van der Waals surface area contributed by atoms with Crippen molar-refractivity contribution in [3.8, 4) is 0 Å². The molecule has 2 aliphatic heterocycles. The lowest BCUT2D eigenvalue weighted by Gasteiger charge is -2.50. The van der Waals surface area contributed by atoms with Crippen molar-refractivity contribution in [2.75, 3.05) is 19.6 Å². The summed E-state index contributed by atoms with van der Waals surface area (Å²) >= 11 is 0. The number of fused-ring (bicyclic) bond motifs is 1. The van der Waals surface area contributed by atoms with Crippen LogP contribution in [0.5, 0.6) is 0 Å². The van der Waals surface area contributed by atoms with Crippen LogP contribution in [0.3, 0.4) is 0 Å². The molecule has 1 aromatic heterocycles. The number of aryl methyl sites for hydroxylation is 1. The molecule has 2 aliphatic rings. The summed E-state index contributed by atoms with van der Waals surface area (Å²) in [4.78, 5) is 14.1. The number of carbonyl (C=O) groups excluding carboxylic acids is 1. The molecule has 2 fully saturated rings. The Labute approximate surface area is 94.6 Å². The van der Waals surface area contributed by atoms with Crippen LogP contribution < -0.4 is 5.32 Å². The average molecular weight is 220 g/mol. The molecule has 4 nitrogen and oxygen atoms in total. The summed E-state index contributed by atoms with van der Waals surface area (Å²) in [5.41, 5.74) is 0. The molecule has 0 bridgehead atoms. The van der Waals surface area contributed by atoms with Gasteiger partial charge in [0.2, 0.25) is 0 Å². The molecule has 1 aromatic rings. The fourth-order valence-corrected chi connectivity index (χ4v) is 2.68. The van der Waals surface area contributed by atoms with Crippen LogP contribution in [0.15, 0.2) is 16.5 Å². The van der Waals surface area contributed by atoms with Crippen LogP contribution in [-0.2, 0) is 0 Å². The van der Waals surface area contributed by atoms with Gasteiger partial charge in [-0.1, -0.05) is 0 Å². The average Bonchev–Trinajstić information content (AvgIpc) is 2.67. The molecule has 2 saturated heterocycles. The van der Waals surface area contributed by atoms with Crippen molar-refractivity contribution in [3.05, 3.63) is 23.7 Å². The van der Waals surface area contributed by atoms with E-state index in [1.807, 2.05) is 17.9 Å². The molecular weight excluding hydrogens is 204 g/mol. The zero-order valence-corrected chi connectivity index (χ0v) is 9.40. The molecule has 3 heterocycles. The third-order valence-electron chi connectivity index (χ3n) is 3.61. The van der Waals surface area contributed by atoms with E-state index in [0.29, 0.717) is 17.7 Å². The van der Waals surface area contributed by atoms with E-state index in [0.717, 1.165) is 31.8 Å². The van der Waals surface area contributed by atoms with E-state index in [-0.39, 0.29) is 5.91 Å². The van der Waals surface area contributed by atoms with Crippen molar-refractivity contribution in [2.45, 2.75) is 19.4 Å². The second kappa shape index (κ2) is 3.63. The standard InChI is InChI=1S/C12H16N2O2/c1-8-2-3-11(16-8)12(15)14-7-9-6-13-5-4-10(9)14/h2-3,9-10,13H,4-7H2,1H3. The molecule has 0 saturated carbocycles. The predicted molar refractivity (Wildman–Crippen MR) is 59.2 cm³/mol. The van der Waals surface area contributed by atoms with Crippen LogP contribution in [0.25, 0.3) is 0 Å². The minimum atomic E-state index is 0.0521. The van der Waals surface area contributed by atoms with Gasteiger partial charge in [-0.25, -0.2) is 0 Å². The van der Waals surface area contributed by atoms with Gasteiger partial charge in [0, 0.05) is 25.0 Å². The number of carbonyl (C=O) groups is 1. The lowest BCUT2D eigenvalue weighted by molar-refractivity contribution is 0.0000134. The highest BCUT2D eigenvalue weighted by atomic mass is 16.3. The molecule has 0 aliphatic carbocycles. The van der Waals surface area contributed by atoms with Gasteiger partial charge in [-0.15, -0.1) is 0 Å². The predicted octanol–water partition coefficient (Wildman–Crippen LogP) is 1.02. The van der Waals surface area contributed by atoms with Gasteiger partial charge in [0.25, 0.3) is 5.91 Å². The van der Waals surface area contributed by atoms with E-state index < -0.39 is 0 Å². The van der Waals surface area contributed by atoms with Crippen molar-refractivity contribution < 1.29 is 9.21 Å². The Kier molecular flexibility index (Phi) is 2.24. The van der Waals surface area contributed by atoms with Crippen molar-refractivity contribution >= 4 is 5.91 Å². The Morgan fingerprint density at radius 2 is 2.44 bits per heavy atom. The van der Waals surface area contributed by atoms with E-state index in [9.17, 15) is 4.79 Å². The van der Waals surface area contributed by atoms with Crippen LogP contribution in [0, 0.1) is 12.8 Å². The van der Waals surface area contributed by atoms with Crippen LogP contribution in [0.1, 0.15) is 22.7 Å². The van der Waals surface area contributed by atoms with Gasteiger partial charge in [-0.2, -0.15) is 0 Å². The largest absolute Gasteiger partial charge is 0.456 e. The minimum absolute atomic E-state index is 0.0521. The second-order valence-electron chi connectivity index (χ2n) is 4.69. The third kappa shape index (κ3) is 1.45. The summed E-state index contributed by atoms with van der Waals surface area (Å²) in [6.45, 7) is 4.80. The number of furan rings is 1. The smallest absolute Gasteiger partial charge is 0.289 e. The third-order valence-corrected chi connectivity index (χ3v) is 3.61. The maximum atomic E-state index is 12.1. The first-order valence-electron chi connectivity index (χ1n) is 5.84. The molecule has 86 valence electrons. The minimum Gasteiger partial charge on any atom is -0.456 e. The maximum Gasteiger partial charge on any atom is 0.289 e. The van der Waals surface area contributed by atoms with Gasteiger partial charge in [-0.05, 0) is 32.0 Å². The number of amides is 1. The van der Waals surface area contributed by atoms with Crippen LogP contribution >= 0.6 is 0 Å². The summed E-state index contributed by atoms with van der Waals surface area (Å²) in [5.74, 6) is 1.98. The van der Waals surface area contributed by atoms with Crippen molar-refractivity contribution in [1.29, 1.82) is 0 Å². The number of likely N-dealkylation sites (tertiary alicyclic amines) is 1. The first-order chi connectivity index (χ1) is 7.75. The first kappa shape index (κ1) is 9.90. The van der Waals surface area contributed by atoms with Gasteiger partial charge in [0.1, 0.15) is 5.76 Å². The highest BCUT2D eigenvalue weighted by molar-refractivity contribution is 5.92. The monoisotopic (exact) mass is 220 g/mol. The molecule has 2 atom stereocenters. The van der Waals surface area contributed by atoms with Gasteiger partial charge < -0.3 is 14.6 Å². The normalized spacial score (nSPS) is 28.4. The molecule has 0 radical (unpaired) electrons. The Morgan fingerprint density at radius 1 is 1.56 bits per heavy atom. The number of hydrogen-bond donors (Lipinski definition) is 1. The summed E-state index contributed by atoms with van der Waals surface area (Å²) in [7, 11) is 0. The summed E-state index contributed by atoms with van der Waals surface area (Å²) in [6, 6.07) is 4.04. The number of nitrogens with zero attached hydrogens (tertiary/aromatic N) is 1. The van der Waals surface area contributed by atoms with E-state index >= 15 is 0 Å². The molecule has 0 aromatic carbocycles. The topological polar surface area (TPSA) is 45.5 Å². The van der Waals surface area contributed by atoms with Crippen molar-refractivity contribution in [3.63, 3.8) is 0 Å². The van der Waals surface area contributed by atoms with Gasteiger partial charge in [0.15, 0.2) is 5.76 Å². The van der Waals surface area contributed by atoms with E-state index in [2.05, 4.69) is 5.32 Å². The maximum absolute atomic E-state index is 12.1. The van der Waals surface area contributed by atoms with Crippen LogP contribution in [0.2, 0.25) is 0 Å². The van der Waals surface area contributed by atoms with E-state index in [1.165, 1.54) is 0 Å². The van der Waals surface area contributed by atoms with Gasteiger partial charge >= 0.3 is 0 Å². The molecule has 16 heavy (non-hydrogen) atoms. The van der Waals surface area contributed by atoms with Crippen LogP contribution in [-0.4, -0.2) is 36.5 Å². The molecule has 2 unspecified atom stereocenters. The summed E-state index contributed by atoms with van der Waals surface area (Å²) in [6.07, 6.45) is 1.07. The highest BCUT2D eigenvalue weighted by Crippen LogP contribution is 2.30. The summed E-state index contributed by atoms with van der Waals surface area (Å²) < 4.78 is 5.38. The van der Waals surface area contributed by atoms with E-state index in [1.54, 1.807) is 6.07 Å².